The summed E-state index contributed by atoms with van der Waals surface area (Å²) in [5.74, 6) is 7.05. The first-order chi connectivity index (χ1) is 32.7. The SMILES string of the molecule is Cc1ccc(-c2ccc(CN3CCN(C)CC3)c(C(F)(F)F)c2)cc1C#Cc1cnc2cc(OCCOCCOCCOCCOCCOCCOCCOCCOCCOCCN)ccn12. The number of hydrogen-bond donors (Lipinski definition) is 1. The maximum Gasteiger partial charge on any atom is 0.416 e. The molecule has 2 aromatic carbocycles. The smallest absolute Gasteiger partial charge is 0.416 e. The van der Waals surface area contributed by atoms with Crippen LogP contribution < -0.4 is 10.5 Å². The van der Waals surface area contributed by atoms with Crippen LogP contribution >= 0.6 is 0 Å². The lowest BCUT2D eigenvalue weighted by Gasteiger charge is -2.33. The van der Waals surface area contributed by atoms with Crippen LogP contribution in [0.4, 0.5) is 13.2 Å². The summed E-state index contributed by atoms with van der Waals surface area (Å²) >= 11 is 0. The third kappa shape index (κ3) is 20.5. The van der Waals surface area contributed by atoms with Crippen LogP contribution in [0.25, 0.3) is 16.8 Å². The molecule has 2 N–H and O–H groups in total. The molecule has 1 aliphatic rings. The van der Waals surface area contributed by atoms with Crippen molar-refractivity contribution in [2.45, 2.75) is 19.6 Å². The normalized spacial score (nSPS) is 13.6. The molecule has 15 nitrogen and oxygen atoms in total. The van der Waals surface area contributed by atoms with E-state index in [2.05, 4.69) is 26.6 Å². The van der Waals surface area contributed by atoms with Crippen LogP contribution in [0.5, 0.6) is 5.75 Å². The zero-order valence-electron chi connectivity index (χ0n) is 39.0. The van der Waals surface area contributed by atoms with E-state index in [9.17, 15) is 13.2 Å². The van der Waals surface area contributed by atoms with E-state index in [0.29, 0.717) is 160 Å². The first-order valence-electron chi connectivity index (χ1n) is 22.9. The van der Waals surface area contributed by atoms with E-state index in [4.69, 9.17) is 53.1 Å². The highest BCUT2D eigenvalue weighted by atomic mass is 19.4. The summed E-state index contributed by atoms with van der Waals surface area (Å²) in [7, 11) is 2.03. The number of piperazine rings is 1. The number of fused-ring (bicyclic) bond motifs is 1. The zero-order chi connectivity index (χ0) is 47.4. The molecule has 370 valence electrons. The van der Waals surface area contributed by atoms with Gasteiger partial charge in [0.05, 0.1) is 131 Å². The van der Waals surface area contributed by atoms with E-state index in [1.807, 2.05) is 54.9 Å². The number of alkyl halides is 3. The van der Waals surface area contributed by atoms with Crippen LogP contribution in [0, 0.1) is 18.8 Å². The molecule has 67 heavy (non-hydrogen) atoms. The van der Waals surface area contributed by atoms with Gasteiger partial charge in [-0.25, -0.2) is 4.98 Å². The summed E-state index contributed by atoms with van der Waals surface area (Å²) in [5.41, 5.74) is 9.17. The zero-order valence-corrected chi connectivity index (χ0v) is 39.0. The van der Waals surface area contributed by atoms with Gasteiger partial charge in [0.15, 0.2) is 0 Å². The van der Waals surface area contributed by atoms with Crippen molar-refractivity contribution in [3.8, 4) is 28.7 Å². The van der Waals surface area contributed by atoms with Gasteiger partial charge in [-0.3, -0.25) is 9.30 Å². The highest BCUT2D eigenvalue weighted by molar-refractivity contribution is 5.68. The molecule has 4 aromatic rings. The van der Waals surface area contributed by atoms with E-state index >= 15 is 0 Å². The van der Waals surface area contributed by atoms with E-state index < -0.39 is 11.7 Å². The molecule has 3 heterocycles. The van der Waals surface area contributed by atoms with Gasteiger partial charge in [0, 0.05) is 57.1 Å². The maximum atomic E-state index is 14.3. The highest BCUT2D eigenvalue weighted by Gasteiger charge is 2.34. The largest absolute Gasteiger partial charge is 0.491 e. The number of aryl methyl sites for hydroxylation is 1. The third-order valence-corrected chi connectivity index (χ3v) is 10.5. The molecule has 1 saturated heterocycles. The Morgan fingerprint density at radius 3 is 1.61 bits per heavy atom. The fourth-order valence-electron chi connectivity index (χ4n) is 6.78. The van der Waals surface area contributed by atoms with Crippen LogP contribution in [0.15, 0.2) is 60.9 Å². The molecule has 0 unspecified atom stereocenters. The molecule has 1 fully saturated rings. The number of imidazole rings is 1. The van der Waals surface area contributed by atoms with Gasteiger partial charge in [-0.1, -0.05) is 30.2 Å². The summed E-state index contributed by atoms with van der Waals surface area (Å²) in [6.07, 6.45) is -0.944. The number of ether oxygens (including phenoxy) is 10. The minimum atomic E-state index is -4.47. The molecule has 0 spiro atoms. The molecule has 2 aromatic heterocycles. The second-order valence-electron chi connectivity index (χ2n) is 15.6. The third-order valence-electron chi connectivity index (χ3n) is 10.5. The maximum absolute atomic E-state index is 14.3. The second kappa shape index (κ2) is 31.0. The number of hydrogen-bond acceptors (Lipinski definition) is 14. The van der Waals surface area contributed by atoms with Crippen molar-refractivity contribution in [3.05, 3.63) is 88.9 Å². The van der Waals surface area contributed by atoms with Gasteiger partial charge in [-0.2, -0.15) is 13.2 Å². The van der Waals surface area contributed by atoms with Crippen LogP contribution in [-0.4, -0.2) is 184 Å². The number of aromatic nitrogens is 2. The van der Waals surface area contributed by atoms with Crippen molar-refractivity contribution < 1.29 is 60.5 Å². The number of nitrogens with zero attached hydrogens (tertiary/aromatic N) is 4. The summed E-state index contributed by atoms with van der Waals surface area (Å²) in [5, 5.41) is 0. The molecular formula is C49H68F3N5O10. The van der Waals surface area contributed by atoms with Crippen molar-refractivity contribution in [2.24, 2.45) is 5.73 Å². The van der Waals surface area contributed by atoms with Crippen LogP contribution in [0.3, 0.4) is 0 Å². The summed E-state index contributed by atoms with van der Waals surface area (Å²) in [4.78, 5) is 8.77. The van der Waals surface area contributed by atoms with Crippen LogP contribution in [-0.2, 0) is 55.4 Å². The van der Waals surface area contributed by atoms with Gasteiger partial charge in [0.25, 0.3) is 0 Å². The Hall–Kier alpha value is -4.20. The molecule has 0 atom stereocenters. The van der Waals surface area contributed by atoms with Crippen LogP contribution in [0.2, 0.25) is 0 Å². The van der Waals surface area contributed by atoms with E-state index in [-0.39, 0.29) is 12.1 Å². The first-order valence-corrected chi connectivity index (χ1v) is 22.9. The average Bonchev–Trinajstić information content (AvgIpc) is 3.73. The minimum Gasteiger partial charge on any atom is -0.491 e. The lowest BCUT2D eigenvalue weighted by molar-refractivity contribution is -0.138. The molecule has 0 radical (unpaired) electrons. The Morgan fingerprint density at radius 2 is 1.09 bits per heavy atom. The number of likely N-dealkylation sites (N-methyl/N-ethyl adjacent to an activating group) is 1. The Balaban J connectivity index is 0.884. The molecule has 0 amide bonds. The fourth-order valence-corrected chi connectivity index (χ4v) is 6.78. The van der Waals surface area contributed by atoms with E-state index in [1.54, 1.807) is 18.3 Å². The van der Waals surface area contributed by atoms with Crippen LogP contribution in [0.1, 0.15) is 27.9 Å². The standard InChI is InChI=1S/C49H68F3N5O10/c1-40-3-4-42(43-5-6-44(47(36-43)49(50,51)52)39-56-14-12-55(2)13-15-56)35-41(40)7-8-45-38-54-48-37-46(9-11-57(45)48)67-34-33-66-32-31-65-30-29-64-28-27-63-26-25-62-24-23-61-22-21-60-20-19-59-18-17-58-16-10-53/h3-6,9,11,35-38H,10,12-34,39,53H2,1-2H3. The summed E-state index contributed by atoms with van der Waals surface area (Å²) in [6.45, 7) is 14.9. The summed E-state index contributed by atoms with van der Waals surface area (Å²) < 4.78 is 99.9. The van der Waals surface area contributed by atoms with Crippen molar-refractivity contribution >= 4 is 5.65 Å². The fraction of sp³-hybridized carbons (Fsp3) is 0.571. The Bertz CT molecular complexity index is 2060. The van der Waals surface area contributed by atoms with Gasteiger partial charge in [0.2, 0.25) is 0 Å². The quantitative estimate of drug-likeness (QED) is 0.0508. The predicted molar refractivity (Wildman–Crippen MR) is 247 cm³/mol. The Morgan fingerprint density at radius 1 is 0.597 bits per heavy atom. The number of pyridine rings is 1. The van der Waals surface area contributed by atoms with Crippen molar-refractivity contribution in [1.82, 2.24) is 19.2 Å². The van der Waals surface area contributed by atoms with Gasteiger partial charge < -0.3 is 58.0 Å². The summed E-state index contributed by atoms with van der Waals surface area (Å²) in [6, 6.07) is 13.9. The number of halogens is 3. The van der Waals surface area contributed by atoms with Gasteiger partial charge in [-0.15, -0.1) is 0 Å². The molecule has 5 rings (SSSR count). The van der Waals surface area contributed by atoms with E-state index in [0.717, 1.165) is 37.3 Å². The number of rotatable bonds is 33. The predicted octanol–water partition coefficient (Wildman–Crippen LogP) is 4.96. The number of nitrogens with two attached hydrogens (primary N) is 1. The second-order valence-corrected chi connectivity index (χ2v) is 15.6. The van der Waals surface area contributed by atoms with Gasteiger partial charge in [0.1, 0.15) is 23.7 Å². The first kappa shape index (κ1) is 53.8. The number of benzene rings is 2. The van der Waals surface area contributed by atoms with E-state index in [1.165, 1.54) is 6.07 Å². The van der Waals surface area contributed by atoms with Crippen molar-refractivity contribution in [3.63, 3.8) is 0 Å². The highest BCUT2D eigenvalue weighted by Crippen LogP contribution is 2.36. The molecule has 0 bridgehead atoms. The molecule has 18 heteroatoms. The molecule has 0 aliphatic carbocycles. The lowest BCUT2D eigenvalue weighted by atomic mass is 9.95. The van der Waals surface area contributed by atoms with Crippen molar-refractivity contribution in [1.29, 1.82) is 0 Å². The topological polar surface area (TPSA) is 142 Å². The minimum absolute atomic E-state index is 0.268. The van der Waals surface area contributed by atoms with Gasteiger partial charge in [-0.05, 0) is 60.3 Å². The lowest BCUT2D eigenvalue weighted by Crippen LogP contribution is -2.44. The Kier molecular flexibility index (Phi) is 24.9. The molecule has 0 saturated carbocycles. The van der Waals surface area contributed by atoms with Gasteiger partial charge >= 0.3 is 6.18 Å². The molecular weight excluding hydrogens is 876 g/mol. The monoisotopic (exact) mass is 943 g/mol. The average molecular weight is 944 g/mol. The Labute approximate surface area is 392 Å². The molecule has 1 aliphatic heterocycles. The van der Waals surface area contributed by atoms with Crippen molar-refractivity contribution in [2.75, 3.05) is 165 Å².